The van der Waals surface area contributed by atoms with E-state index in [4.69, 9.17) is 10.1 Å². The first-order valence-corrected chi connectivity index (χ1v) is 11.6. The van der Waals surface area contributed by atoms with Gasteiger partial charge in [-0.25, -0.2) is 23.1 Å². The van der Waals surface area contributed by atoms with Gasteiger partial charge in [-0.2, -0.15) is 0 Å². The van der Waals surface area contributed by atoms with E-state index in [-0.39, 0.29) is 4.90 Å². The lowest BCUT2D eigenvalue weighted by atomic mass is 10.1. The van der Waals surface area contributed by atoms with Crippen LogP contribution in [-0.4, -0.2) is 33.0 Å². The molecule has 10 heteroatoms. The van der Waals surface area contributed by atoms with Gasteiger partial charge in [0.15, 0.2) is 11.6 Å². The highest BCUT2D eigenvalue weighted by atomic mass is 32.2. The van der Waals surface area contributed by atoms with Gasteiger partial charge >= 0.3 is 0 Å². The summed E-state index contributed by atoms with van der Waals surface area (Å²) in [7, 11) is -3.91. The molecule has 0 unspecified atom stereocenters. The van der Waals surface area contributed by atoms with Gasteiger partial charge in [0.25, 0.3) is 0 Å². The molecule has 0 saturated carbocycles. The predicted molar refractivity (Wildman–Crippen MR) is 125 cm³/mol. The number of primary sulfonamides is 1. The van der Waals surface area contributed by atoms with Gasteiger partial charge in [-0.15, -0.1) is 5.10 Å². The van der Waals surface area contributed by atoms with E-state index in [0.717, 1.165) is 22.2 Å². The number of anilines is 1. The minimum absolute atomic E-state index is 0.106. The lowest BCUT2D eigenvalue weighted by Crippen LogP contribution is -2.13. The number of fused-ring (bicyclic) bond motifs is 1. The standard InChI is InChI=1S/C23H19N7O2S/c24-33(31,32)19-11-18(14-26-15-19)22-28-23(27-13-16-5-4-9-25-12-16)21-20(8-10-30(21)29-22)17-6-2-1-3-7-17/h1-12,14-15H,13H2,(H2,24,31,32)(H,27,28,29). The quantitative estimate of drug-likeness (QED) is 0.401. The van der Waals surface area contributed by atoms with Crippen molar-refractivity contribution in [2.75, 3.05) is 5.32 Å². The Hall–Kier alpha value is -4.15. The highest BCUT2D eigenvalue weighted by Gasteiger charge is 2.17. The Morgan fingerprint density at radius 3 is 2.55 bits per heavy atom. The Morgan fingerprint density at radius 2 is 1.79 bits per heavy atom. The molecule has 1 aromatic carbocycles. The lowest BCUT2D eigenvalue weighted by molar-refractivity contribution is 0.597. The van der Waals surface area contributed by atoms with Crippen molar-refractivity contribution < 1.29 is 8.42 Å². The monoisotopic (exact) mass is 457 g/mol. The summed E-state index contributed by atoms with van der Waals surface area (Å²) in [4.78, 5) is 12.8. The van der Waals surface area contributed by atoms with Gasteiger partial charge in [0, 0.05) is 48.7 Å². The van der Waals surface area contributed by atoms with Crippen molar-refractivity contribution in [3.63, 3.8) is 0 Å². The van der Waals surface area contributed by atoms with Crippen LogP contribution in [0, 0.1) is 0 Å². The third kappa shape index (κ3) is 4.29. The van der Waals surface area contributed by atoms with Crippen molar-refractivity contribution in [3.8, 4) is 22.5 Å². The minimum Gasteiger partial charge on any atom is -0.364 e. The van der Waals surface area contributed by atoms with Crippen molar-refractivity contribution in [3.05, 3.63) is 91.1 Å². The van der Waals surface area contributed by atoms with E-state index in [9.17, 15) is 8.42 Å². The van der Waals surface area contributed by atoms with Gasteiger partial charge < -0.3 is 5.32 Å². The Bertz CT molecular complexity index is 1540. The molecule has 0 spiro atoms. The summed E-state index contributed by atoms with van der Waals surface area (Å²) in [6, 6.07) is 17.2. The number of nitrogens with zero attached hydrogens (tertiary/aromatic N) is 5. The number of hydrogen-bond donors (Lipinski definition) is 2. The highest BCUT2D eigenvalue weighted by molar-refractivity contribution is 7.89. The molecule has 0 atom stereocenters. The number of nitrogens with two attached hydrogens (primary N) is 1. The maximum Gasteiger partial charge on any atom is 0.239 e. The van der Waals surface area contributed by atoms with Gasteiger partial charge in [0.05, 0.1) is 0 Å². The second-order valence-corrected chi connectivity index (χ2v) is 8.90. The van der Waals surface area contributed by atoms with Crippen LogP contribution >= 0.6 is 0 Å². The number of sulfonamides is 1. The molecule has 0 aliphatic heterocycles. The number of benzene rings is 1. The maximum absolute atomic E-state index is 11.8. The molecule has 0 radical (unpaired) electrons. The van der Waals surface area contributed by atoms with E-state index in [2.05, 4.69) is 20.4 Å². The maximum atomic E-state index is 11.8. The van der Waals surface area contributed by atoms with Crippen molar-refractivity contribution in [2.45, 2.75) is 11.4 Å². The molecule has 0 fully saturated rings. The molecule has 4 heterocycles. The van der Waals surface area contributed by atoms with E-state index < -0.39 is 10.0 Å². The molecule has 4 aromatic heterocycles. The van der Waals surface area contributed by atoms with Crippen LogP contribution in [0.1, 0.15) is 5.56 Å². The van der Waals surface area contributed by atoms with Gasteiger partial charge in [0.2, 0.25) is 10.0 Å². The largest absolute Gasteiger partial charge is 0.364 e. The summed E-state index contributed by atoms with van der Waals surface area (Å²) in [6.45, 7) is 0.495. The van der Waals surface area contributed by atoms with E-state index in [1.54, 1.807) is 16.9 Å². The van der Waals surface area contributed by atoms with Crippen LogP contribution in [0.3, 0.4) is 0 Å². The molecule has 0 bridgehead atoms. The fourth-order valence-corrected chi connectivity index (χ4v) is 4.01. The molecule has 0 aliphatic carbocycles. The zero-order chi connectivity index (χ0) is 22.8. The molecule has 0 aliphatic rings. The Labute approximate surface area is 190 Å². The van der Waals surface area contributed by atoms with E-state index in [1.807, 2.05) is 54.7 Å². The zero-order valence-corrected chi connectivity index (χ0v) is 18.1. The summed E-state index contributed by atoms with van der Waals surface area (Å²) in [5.74, 6) is 0.901. The Balaban J connectivity index is 1.65. The molecule has 0 saturated heterocycles. The van der Waals surface area contributed by atoms with Gasteiger partial charge in [-0.3, -0.25) is 9.97 Å². The summed E-state index contributed by atoms with van der Waals surface area (Å²) >= 11 is 0. The van der Waals surface area contributed by atoms with E-state index in [1.165, 1.54) is 18.5 Å². The van der Waals surface area contributed by atoms with Crippen LogP contribution in [0.5, 0.6) is 0 Å². The number of aromatic nitrogens is 5. The topological polar surface area (TPSA) is 128 Å². The number of rotatable bonds is 6. The van der Waals surface area contributed by atoms with Gasteiger partial charge in [0.1, 0.15) is 10.4 Å². The van der Waals surface area contributed by atoms with Gasteiger partial charge in [-0.05, 0) is 29.3 Å². The molecule has 5 rings (SSSR count). The molecule has 164 valence electrons. The highest BCUT2D eigenvalue weighted by Crippen LogP contribution is 2.31. The van der Waals surface area contributed by atoms with Crippen LogP contribution in [0.25, 0.3) is 28.0 Å². The van der Waals surface area contributed by atoms with Crippen LogP contribution in [-0.2, 0) is 16.6 Å². The van der Waals surface area contributed by atoms with Gasteiger partial charge in [-0.1, -0.05) is 36.4 Å². The summed E-state index contributed by atoms with van der Waals surface area (Å²) in [5.41, 5.74) is 4.21. The molecule has 3 N–H and O–H groups in total. The normalized spacial score (nSPS) is 11.5. The summed E-state index contributed by atoms with van der Waals surface area (Å²) in [5, 5.41) is 13.3. The van der Waals surface area contributed by atoms with Crippen molar-refractivity contribution in [1.29, 1.82) is 0 Å². The predicted octanol–water partition coefficient (Wildman–Crippen LogP) is 3.11. The summed E-state index contributed by atoms with van der Waals surface area (Å²) < 4.78 is 25.3. The number of nitrogens with one attached hydrogen (secondary N) is 1. The number of hydrogen-bond acceptors (Lipinski definition) is 7. The summed E-state index contributed by atoms with van der Waals surface area (Å²) in [6.07, 6.45) is 8.04. The third-order valence-corrected chi connectivity index (χ3v) is 5.96. The molecular formula is C23H19N7O2S. The van der Waals surface area contributed by atoms with Crippen LogP contribution in [0.2, 0.25) is 0 Å². The van der Waals surface area contributed by atoms with Crippen LogP contribution in [0.4, 0.5) is 5.82 Å². The first kappa shape index (κ1) is 20.7. The SMILES string of the molecule is NS(=O)(=O)c1cncc(-c2nc(NCc3cccnc3)c3c(-c4ccccc4)ccn3n2)c1. The third-order valence-electron chi connectivity index (χ3n) is 5.08. The van der Waals surface area contributed by atoms with Crippen molar-refractivity contribution in [1.82, 2.24) is 24.6 Å². The Morgan fingerprint density at radius 1 is 0.939 bits per heavy atom. The molecule has 5 aromatic rings. The van der Waals surface area contributed by atoms with Crippen molar-refractivity contribution in [2.24, 2.45) is 5.14 Å². The minimum atomic E-state index is -3.91. The molecule has 0 amide bonds. The lowest BCUT2D eigenvalue weighted by Gasteiger charge is -2.12. The smallest absolute Gasteiger partial charge is 0.239 e. The fourth-order valence-electron chi connectivity index (χ4n) is 3.51. The van der Waals surface area contributed by atoms with Crippen LogP contribution < -0.4 is 10.5 Å². The zero-order valence-electron chi connectivity index (χ0n) is 17.3. The van der Waals surface area contributed by atoms with Crippen LogP contribution in [0.15, 0.2) is 90.5 Å². The second kappa shape index (κ2) is 8.41. The first-order chi connectivity index (χ1) is 16.0. The Kier molecular flexibility index (Phi) is 5.29. The number of pyridine rings is 2. The molecule has 9 nitrogen and oxygen atoms in total. The average Bonchev–Trinajstić information content (AvgIpc) is 3.28. The second-order valence-electron chi connectivity index (χ2n) is 7.34. The fraction of sp³-hybridized carbons (Fsp3) is 0.0435. The van der Waals surface area contributed by atoms with E-state index in [0.29, 0.717) is 23.8 Å². The van der Waals surface area contributed by atoms with E-state index >= 15 is 0 Å². The molecular weight excluding hydrogens is 438 g/mol. The first-order valence-electron chi connectivity index (χ1n) is 10.0. The van der Waals surface area contributed by atoms with Crippen molar-refractivity contribution >= 4 is 21.4 Å². The molecule has 33 heavy (non-hydrogen) atoms. The average molecular weight is 458 g/mol.